The van der Waals surface area contributed by atoms with Crippen molar-refractivity contribution in [3.8, 4) is 11.3 Å². The van der Waals surface area contributed by atoms with Crippen molar-refractivity contribution in [3.05, 3.63) is 76.0 Å². The number of halogens is 9. The number of hydrogen-bond acceptors (Lipinski definition) is 6. The SMILES string of the molecule is CCc1cn(CCO)nc1-c1ccc(C(F)(F)F)cc1CN(Cc1cc(C(F)(F)F)cc(C(F)(F)F)c1)c1nnn(C)n1. The Hall–Kier alpha value is -4.15. The highest BCUT2D eigenvalue weighted by Gasteiger charge is 2.37. The van der Waals surface area contributed by atoms with Crippen LogP contribution in [0.15, 0.2) is 42.6 Å². The zero-order valence-electron chi connectivity index (χ0n) is 22.6. The average molecular weight is 622 g/mol. The summed E-state index contributed by atoms with van der Waals surface area (Å²) < 4.78 is 124. The lowest BCUT2D eigenvalue weighted by atomic mass is 9.97. The van der Waals surface area contributed by atoms with E-state index < -0.39 is 53.9 Å². The van der Waals surface area contributed by atoms with Gasteiger partial charge in [-0.1, -0.05) is 18.1 Å². The van der Waals surface area contributed by atoms with E-state index in [1.54, 1.807) is 13.1 Å². The van der Waals surface area contributed by atoms with Gasteiger partial charge >= 0.3 is 18.5 Å². The van der Waals surface area contributed by atoms with E-state index in [1.165, 1.54) is 17.8 Å². The molecule has 0 spiro atoms. The summed E-state index contributed by atoms with van der Waals surface area (Å²) in [6.07, 6.45) is -12.9. The third-order valence-electron chi connectivity index (χ3n) is 6.40. The van der Waals surface area contributed by atoms with Crippen molar-refractivity contribution in [2.75, 3.05) is 11.5 Å². The van der Waals surface area contributed by atoms with E-state index in [2.05, 4.69) is 20.5 Å². The van der Waals surface area contributed by atoms with Crippen LogP contribution in [0.25, 0.3) is 11.3 Å². The minimum atomic E-state index is -5.11. The molecule has 8 nitrogen and oxygen atoms in total. The molecule has 17 heteroatoms. The average Bonchev–Trinajstić information content (AvgIpc) is 3.52. The van der Waals surface area contributed by atoms with Gasteiger partial charge < -0.3 is 10.0 Å². The number of hydrogen-bond donors (Lipinski definition) is 1. The molecule has 0 fully saturated rings. The molecule has 43 heavy (non-hydrogen) atoms. The lowest BCUT2D eigenvalue weighted by molar-refractivity contribution is -0.143. The smallest absolute Gasteiger partial charge is 0.394 e. The molecule has 232 valence electrons. The maximum Gasteiger partial charge on any atom is 0.416 e. The number of anilines is 1. The number of alkyl halides is 9. The van der Waals surface area contributed by atoms with E-state index in [-0.39, 0.29) is 36.3 Å². The van der Waals surface area contributed by atoms with Gasteiger partial charge in [0.05, 0.1) is 42.6 Å². The molecule has 2 aromatic heterocycles. The Kier molecular flexibility index (Phi) is 8.76. The van der Waals surface area contributed by atoms with Gasteiger partial charge in [-0.15, -0.1) is 5.10 Å². The summed E-state index contributed by atoms with van der Waals surface area (Å²) in [4.78, 5) is 2.10. The van der Waals surface area contributed by atoms with Crippen LogP contribution in [0.2, 0.25) is 0 Å². The van der Waals surface area contributed by atoms with Gasteiger partial charge in [-0.05, 0) is 58.7 Å². The van der Waals surface area contributed by atoms with Crippen molar-refractivity contribution in [3.63, 3.8) is 0 Å². The maximum atomic E-state index is 13.8. The molecule has 2 heterocycles. The second kappa shape index (κ2) is 11.9. The van der Waals surface area contributed by atoms with Gasteiger partial charge in [0.1, 0.15) is 0 Å². The minimum Gasteiger partial charge on any atom is -0.394 e. The zero-order chi connectivity index (χ0) is 31.7. The number of nitrogens with zero attached hydrogens (tertiary/aromatic N) is 7. The van der Waals surface area contributed by atoms with Crippen LogP contribution in [0.5, 0.6) is 0 Å². The van der Waals surface area contributed by atoms with Crippen molar-refractivity contribution in [2.45, 2.75) is 51.5 Å². The second-order valence-corrected chi connectivity index (χ2v) is 9.56. The van der Waals surface area contributed by atoms with E-state index in [9.17, 15) is 44.6 Å². The molecule has 0 saturated carbocycles. The van der Waals surface area contributed by atoms with Crippen LogP contribution >= 0.6 is 0 Å². The van der Waals surface area contributed by atoms with Crippen molar-refractivity contribution in [2.24, 2.45) is 7.05 Å². The highest BCUT2D eigenvalue weighted by atomic mass is 19.4. The summed E-state index contributed by atoms with van der Waals surface area (Å²) >= 11 is 0. The van der Waals surface area contributed by atoms with Gasteiger partial charge in [-0.2, -0.15) is 49.4 Å². The highest BCUT2D eigenvalue weighted by Crippen LogP contribution is 2.38. The van der Waals surface area contributed by atoms with E-state index in [0.29, 0.717) is 29.8 Å². The second-order valence-electron chi connectivity index (χ2n) is 9.56. The molecule has 0 unspecified atom stereocenters. The highest BCUT2D eigenvalue weighted by molar-refractivity contribution is 5.68. The molecule has 0 radical (unpaired) electrons. The standard InChI is InChI=1S/C26H24F9N7O/c1-3-16-14-42(6-7-43)37-22(16)21-5-4-18(24(27,28)29)10-17(21)13-41(23-36-39-40(2)38-23)12-15-8-19(25(30,31)32)11-20(9-15)26(33,34)35/h4-5,8-11,14,43H,3,6-7,12-13H2,1-2H3. The fourth-order valence-corrected chi connectivity index (χ4v) is 4.43. The van der Waals surface area contributed by atoms with Crippen molar-refractivity contribution in [1.82, 2.24) is 30.0 Å². The molecular weight excluding hydrogens is 597 g/mol. The van der Waals surface area contributed by atoms with E-state index in [4.69, 9.17) is 0 Å². The Morgan fingerprint density at radius 1 is 0.791 bits per heavy atom. The fraction of sp³-hybridized carbons (Fsp3) is 0.385. The Morgan fingerprint density at radius 3 is 1.93 bits per heavy atom. The first-order valence-electron chi connectivity index (χ1n) is 12.6. The first-order chi connectivity index (χ1) is 20.0. The van der Waals surface area contributed by atoms with E-state index in [0.717, 1.165) is 21.8 Å². The zero-order valence-corrected chi connectivity index (χ0v) is 22.6. The molecule has 0 amide bonds. The Morgan fingerprint density at radius 2 is 1.42 bits per heavy atom. The molecule has 4 rings (SSSR count). The van der Waals surface area contributed by atoms with E-state index >= 15 is 0 Å². The first kappa shape index (κ1) is 31.8. The molecule has 0 bridgehead atoms. The number of benzene rings is 2. The van der Waals surface area contributed by atoms with Crippen LogP contribution < -0.4 is 4.90 Å². The summed E-state index contributed by atoms with van der Waals surface area (Å²) in [5, 5.41) is 25.2. The molecule has 0 saturated heterocycles. The van der Waals surface area contributed by atoms with Crippen LogP contribution in [0.1, 0.15) is 40.3 Å². The quantitative estimate of drug-likeness (QED) is 0.235. The molecular formula is C26H24F9N7O. The normalized spacial score (nSPS) is 12.7. The third-order valence-corrected chi connectivity index (χ3v) is 6.40. The van der Waals surface area contributed by atoms with Crippen LogP contribution in [-0.2, 0) is 51.6 Å². The van der Waals surface area contributed by atoms with Gasteiger partial charge in [0.25, 0.3) is 5.95 Å². The van der Waals surface area contributed by atoms with Gasteiger partial charge in [-0.25, -0.2) is 0 Å². The number of aliphatic hydroxyl groups is 1. The lowest BCUT2D eigenvalue weighted by Gasteiger charge is -2.24. The third kappa shape index (κ3) is 7.44. The van der Waals surface area contributed by atoms with Crippen molar-refractivity contribution >= 4 is 5.95 Å². The van der Waals surface area contributed by atoms with Gasteiger partial charge in [0, 0.05) is 24.8 Å². The molecule has 0 aliphatic carbocycles. The number of aliphatic hydroxyl groups excluding tert-OH is 1. The molecule has 0 aliphatic rings. The van der Waals surface area contributed by atoms with Crippen LogP contribution in [0, 0.1) is 0 Å². The van der Waals surface area contributed by atoms with Crippen molar-refractivity contribution < 1.29 is 44.6 Å². The van der Waals surface area contributed by atoms with Crippen LogP contribution in [-0.4, -0.2) is 41.7 Å². The van der Waals surface area contributed by atoms with Crippen LogP contribution in [0.3, 0.4) is 0 Å². The summed E-state index contributed by atoms with van der Waals surface area (Å²) in [7, 11) is 1.36. The summed E-state index contributed by atoms with van der Waals surface area (Å²) in [5.41, 5.74) is -3.42. The number of aromatic nitrogens is 6. The Balaban J connectivity index is 1.86. The topological polar surface area (TPSA) is 84.9 Å². The van der Waals surface area contributed by atoms with Crippen LogP contribution in [0.4, 0.5) is 45.5 Å². The monoisotopic (exact) mass is 621 g/mol. The maximum absolute atomic E-state index is 13.8. The summed E-state index contributed by atoms with van der Waals surface area (Å²) in [6.45, 7) is 0.518. The molecule has 4 aromatic rings. The summed E-state index contributed by atoms with van der Waals surface area (Å²) in [6, 6.07) is 3.90. The molecule has 1 N–H and O–H groups in total. The number of aryl methyl sites for hydroxylation is 2. The predicted molar refractivity (Wildman–Crippen MR) is 134 cm³/mol. The Bertz CT molecular complexity index is 1540. The van der Waals surface area contributed by atoms with Gasteiger partial charge in [0.2, 0.25) is 0 Å². The molecule has 0 aliphatic heterocycles. The molecule has 2 aromatic carbocycles. The number of tetrazole rings is 1. The first-order valence-corrected chi connectivity index (χ1v) is 12.6. The van der Waals surface area contributed by atoms with Gasteiger partial charge in [0.15, 0.2) is 0 Å². The predicted octanol–water partition coefficient (Wildman–Crippen LogP) is 5.89. The van der Waals surface area contributed by atoms with E-state index in [1.807, 2.05) is 0 Å². The lowest BCUT2D eigenvalue weighted by Crippen LogP contribution is -2.25. The minimum absolute atomic E-state index is 0.00533. The fourth-order valence-electron chi connectivity index (χ4n) is 4.43. The van der Waals surface area contributed by atoms with Crippen molar-refractivity contribution in [1.29, 1.82) is 0 Å². The summed E-state index contributed by atoms with van der Waals surface area (Å²) in [5.74, 6) is -0.252. The number of rotatable bonds is 9. The largest absolute Gasteiger partial charge is 0.416 e. The van der Waals surface area contributed by atoms with Gasteiger partial charge in [-0.3, -0.25) is 4.68 Å². The molecule has 0 atom stereocenters. The Labute approximate surface area is 238 Å².